The van der Waals surface area contributed by atoms with Gasteiger partial charge in [-0.25, -0.2) is 0 Å². The maximum atomic E-state index is 11.1. The summed E-state index contributed by atoms with van der Waals surface area (Å²) in [4.78, 5) is 11.1. The molecule has 4 heteroatoms. The molecule has 0 aliphatic heterocycles. The average Bonchev–Trinajstić information content (AvgIpc) is 2.80. The Morgan fingerprint density at radius 1 is 1.58 bits per heavy atom. The van der Waals surface area contributed by atoms with Crippen molar-refractivity contribution >= 4 is 5.97 Å². The third kappa shape index (κ3) is 1.44. The van der Waals surface area contributed by atoms with Crippen LogP contribution in [-0.4, -0.2) is 36.0 Å². The first-order chi connectivity index (χ1) is 5.70. The summed E-state index contributed by atoms with van der Waals surface area (Å²) in [6.07, 6.45) is 0.541. The van der Waals surface area contributed by atoms with Crippen LogP contribution in [0.4, 0.5) is 0 Å². The quantitative estimate of drug-likeness (QED) is 0.566. The van der Waals surface area contributed by atoms with Gasteiger partial charge in [0.15, 0.2) is 0 Å². The summed E-state index contributed by atoms with van der Waals surface area (Å²) in [5.74, 6) is -0.604. The van der Waals surface area contributed by atoms with Crippen LogP contribution in [0.3, 0.4) is 0 Å². The van der Waals surface area contributed by atoms with Crippen molar-refractivity contribution in [3.8, 4) is 0 Å². The first-order valence-electron chi connectivity index (χ1n) is 4.08. The van der Waals surface area contributed by atoms with Gasteiger partial charge in [0.05, 0.1) is 25.7 Å². The van der Waals surface area contributed by atoms with Crippen molar-refractivity contribution < 1.29 is 19.7 Å². The van der Waals surface area contributed by atoms with Crippen LogP contribution >= 0.6 is 0 Å². The van der Waals surface area contributed by atoms with Gasteiger partial charge in [0.25, 0.3) is 0 Å². The van der Waals surface area contributed by atoms with E-state index in [9.17, 15) is 4.79 Å². The fourth-order valence-electron chi connectivity index (χ4n) is 1.32. The van der Waals surface area contributed by atoms with E-state index >= 15 is 0 Å². The molecular weight excluding hydrogens is 160 g/mol. The van der Waals surface area contributed by atoms with Gasteiger partial charge in [-0.05, 0) is 13.3 Å². The smallest absolute Gasteiger partial charge is 0.309 e. The second-order valence-electron chi connectivity index (χ2n) is 3.19. The van der Waals surface area contributed by atoms with Crippen LogP contribution in [0.2, 0.25) is 0 Å². The van der Waals surface area contributed by atoms with Crippen LogP contribution < -0.4 is 0 Å². The zero-order valence-corrected chi connectivity index (χ0v) is 7.12. The first-order valence-corrected chi connectivity index (χ1v) is 4.08. The predicted molar refractivity (Wildman–Crippen MR) is 41.3 cm³/mol. The van der Waals surface area contributed by atoms with E-state index in [1.807, 2.05) is 0 Å². The van der Waals surface area contributed by atoms with Gasteiger partial charge < -0.3 is 14.9 Å². The molecule has 0 aromatic carbocycles. The highest BCUT2D eigenvalue weighted by Crippen LogP contribution is 2.52. The van der Waals surface area contributed by atoms with Crippen LogP contribution in [0.15, 0.2) is 0 Å². The van der Waals surface area contributed by atoms with Crippen LogP contribution in [0, 0.1) is 11.3 Å². The first kappa shape index (κ1) is 9.48. The molecule has 1 aliphatic carbocycles. The number of hydrogen-bond donors (Lipinski definition) is 2. The second kappa shape index (κ2) is 3.41. The summed E-state index contributed by atoms with van der Waals surface area (Å²) in [7, 11) is 0. The molecule has 1 atom stereocenters. The van der Waals surface area contributed by atoms with Gasteiger partial charge in [-0.3, -0.25) is 4.79 Å². The summed E-state index contributed by atoms with van der Waals surface area (Å²) in [6.45, 7) is 1.79. The van der Waals surface area contributed by atoms with Crippen LogP contribution in [-0.2, 0) is 9.53 Å². The molecule has 1 aliphatic rings. The Morgan fingerprint density at radius 3 is 2.50 bits per heavy atom. The Kier molecular flexibility index (Phi) is 2.69. The van der Waals surface area contributed by atoms with E-state index < -0.39 is 5.41 Å². The van der Waals surface area contributed by atoms with Crippen LogP contribution in [0.1, 0.15) is 13.3 Å². The van der Waals surface area contributed by atoms with E-state index in [-0.39, 0.29) is 25.1 Å². The van der Waals surface area contributed by atoms with E-state index in [4.69, 9.17) is 14.9 Å². The fourth-order valence-corrected chi connectivity index (χ4v) is 1.32. The van der Waals surface area contributed by atoms with Gasteiger partial charge >= 0.3 is 5.97 Å². The molecule has 1 fully saturated rings. The van der Waals surface area contributed by atoms with Crippen LogP contribution in [0.5, 0.6) is 0 Å². The van der Waals surface area contributed by atoms with E-state index in [1.54, 1.807) is 6.92 Å². The number of ether oxygens (including phenoxy) is 1. The van der Waals surface area contributed by atoms with Gasteiger partial charge in [-0.2, -0.15) is 0 Å². The van der Waals surface area contributed by atoms with Gasteiger partial charge in [0.1, 0.15) is 0 Å². The number of aliphatic hydroxyl groups is 2. The lowest BCUT2D eigenvalue weighted by atomic mass is 10.1. The molecule has 2 N–H and O–H groups in total. The number of rotatable bonds is 4. The number of esters is 1. The maximum absolute atomic E-state index is 11.1. The molecule has 1 unspecified atom stereocenters. The maximum Gasteiger partial charge on any atom is 0.309 e. The fraction of sp³-hybridized carbons (Fsp3) is 0.875. The zero-order chi connectivity index (χ0) is 9.19. The minimum Gasteiger partial charge on any atom is -0.466 e. The van der Waals surface area contributed by atoms with E-state index in [2.05, 4.69) is 0 Å². The molecule has 0 saturated heterocycles. The summed E-state index contributed by atoms with van der Waals surface area (Å²) < 4.78 is 4.76. The van der Waals surface area contributed by atoms with Gasteiger partial charge in [0, 0.05) is 5.41 Å². The molecule has 0 aromatic heterocycles. The monoisotopic (exact) mass is 174 g/mol. The number of carbonyl (C=O) groups excluding carboxylic acids is 1. The minimum absolute atomic E-state index is 0.146. The van der Waals surface area contributed by atoms with E-state index in [0.717, 1.165) is 0 Å². The zero-order valence-electron chi connectivity index (χ0n) is 7.12. The highest BCUT2D eigenvalue weighted by molar-refractivity contribution is 5.77. The van der Waals surface area contributed by atoms with Crippen molar-refractivity contribution in [2.24, 2.45) is 11.3 Å². The standard InChI is InChI=1S/C8H14O4/c1-2-12-7(11)6-3-8(6,4-9)5-10/h6,9-10H,2-5H2,1H3. The summed E-state index contributed by atoms with van der Waals surface area (Å²) in [6, 6.07) is 0. The Hall–Kier alpha value is -0.610. The highest BCUT2D eigenvalue weighted by Gasteiger charge is 2.58. The lowest BCUT2D eigenvalue weighted by Gasteiger charge is -2.08. The van der Waals surface area contributed by atoms with E-state index in [0.29, 0.717) is 13.0 Å². The topological polar surface area (TPSA) is 66.8 Å². The number of aliphatic hydroxyl groups excluding tert-OH is 2. The normalized spacial score (nSPS) is 25.1. The SMILES string of the molecule is CCOC(=O)C1CC1(CO)CO. The molecule has 4 nitrogen and oxygen atoms in total. The lowest BCUT2D eigenvalue weighted by molar-refractivity contribution is -0.146. The summed E-state index contributed by atoms with van der Waals surface area (Å²) >= 11 is 0. The summed E-state index contributed by atoms with van der Waals surface area (Å²) in [5, 5.41) is 17.8. The molecule has 1 saturated carbocycles. The molecule has 0 heterocycles. The largest absolute Gasteiger partial charge is 0.466 e. The molecule has 1 rings (SSSR count). The third-order valence-electron chi connectivity index (χ3n) is 2.39. The molecule has 0 aromatic rings. The predicted octanol–water partition coefficient (Wildman–Crippen LogP) is -0.460. The average molecular weight is 174 g/mol. The molecule has 0 amide bonds. The molecule has 0 bridgehead atoms. The molecule has 0 radical (unpaired) electrons. The highest BCUT2D eigenvalue weighted by atomic mass is 16.5. The van der Waals surface area contributed by atoms with Crippen LogP contribution in [0.25, 0.3) is 0 Å². The van der Waals surface area contributed by atoms with Gasteiger partial charge in [-0.15, -0.1) is 0 Å². The molecule has 0 spiro atoms. The lowest BCUT2D eigenvalue weighted by Crippen LogP contribution is -2.20. The van der Waals surface area contributed by atoms with Crippen molar-refractivity contribution in [2.45, 2.75) is 13.3 Å². The Morgan fingerprint density at radius 2 is 2.17 bits per heavy atom. The Labute approximate surface area is 71.2 Å². The van der Waals surface area contributed by atoms with Gasteiger partial charge in [0.2, 0.25) is 0 Å². The van der Waals surface area contributed by atoms with E-state index in [1.165, 1.54) is 0 Å². The molecule has 70 valence electrons. The number of hydrogen-bond acceptors (Lipinski definition) is 4. The van der Waals surface area contributed by atoms with Gasteiger partial charge in [-0.1, -0.05) is 0 Å². The van der Waals surface area contributed by atoms with Crippen molar-refractivity contribution in [3.63, 3.8) is 0 Å². The molecular formula is C8H14O4. The Bertz CT molecular complexity index is 174. The third-order valence-corrected chi connectivity index (χ3v) is 2.39. The van der Waals surface area contributed by atoms with Crippen molar-refractivity contribution in [2.75, 3.05) is 19.8 Å². The Balaban J connectivity index is 2.43. The van der Waals surface area contributed by atoms with Crippen molar-refractivity contribution in [3.05, 3.63) is 0 Å². The minimum atomic E-state index is -0.591. The second-order valence-corrected chi connectivity index (χ2v) is 3.19. The summed E-state index contributed by atoms with van der Waals surface area (Å²) in [5.41, 5.74) is -0.591. The molecule has 12 heavy (non-hydrogen) atoms. The van der Waals surface area contributed by atoms with Crippen molar-refractivity contribution in [1.82, 2.24) is 0 Å². The number of carbonyl (C=O) groups is 1. The van der Waals surface area contributed by atoms with Crippen molar-refractivity contribution in [1.29, 1.82) is 0 Å².